The van der Waals surface area contributed by atoms with Crippen LogP contribution in [0.25, 0.3) is 11.2 Å². The van der Waals surface area contributed by atoms with Crippen LogP contribution in [0.15, 0.2) is 54.6 Å². The Morgan fingerprint density at radius 1 is 0.946 bits per heavy atom. The molecule has 4 rings (SSSR count). The average molecular weight is 516 g/mol. The molecule has 0 amide bonds. The predicted octanol–water partition coefficient (Wildman–Crippen LogP) is 6.83. The summed E-state index contributed by atoms with van der Waals surface area (Å²) >= 11 is 0. The lowest BCUT2D eigenvalue weighted by atomic mass is 9.84. The Morgan fingerprint density at radius 2 is 1.59 bits per heavy atom. The number of benzene rings is 2. The van der Waals surface area contributed by atoms with E-state index in [-0.39, 0.29) is 11.5 Å². The quantitative estimate of drug-likeness (QED) is 0.261. The summed E-state index contributed by atoms with van der Waals surface area (Å²) in [5.74, 6) is 1.02. The third-order valence-electron chi connectivity index (χ3n) is 6.75. The van der Waals surface area contributed by atoms with Crippen LogP contribution < -0.4 is 0 Å². The Kier molecular flexibility index (Phi) is 8.02. The van der Waals surface area contributed by atoms with Gasteiger partial charge in [0.2, 0.25) is 0 Å². The van der Waals surface area contributed by atoms with E-state index >= 15 is 0 Å². The molecule has 0 aliphatic carbocycles. The number of pyridine rings is 1. The molecule has 4 aromatic rings. The first-order valence-corrected chi connectivity index (χ1v) is 16.1. The maximum absolute atomic E-state index is 11.4. The fourth-order valence-corrected chi connectivity index (χ4v) is 6.18. The van der Waals surface area contributed by atoms with Crippen molar-refractivity contribution >= 4 is 20.2 Å². The zero-order valence-electron chi connectivity index (χ0n) is 23.5. The molecular formula is C31H41N3O2Si. The Labute approximate surface area is 223 Å². The molecule has 196 valence electrons. The zero-order valence-corrected chi connectivity index (χ0v) is 24.7. The summed E-state index contributed by atoms with van der Waals surface area (Å²) in [7, 11) is -1.24. The summed E-state index contributed by atoms with van der Waals surface area (Å²) < 4.78 is 8.65. The lowest BCUT2D eigenvalue weighted by molar-refractivity contribution is 0.0863. The van der Waals surface area contributed by atoms with Crippen LogP contribution in [-0.2, 0) is 17.4 Å². The molecular weight excluding hydrogens is 474 g/mol. The average Bonchev–Trinajstić information content (AvgIpc) is 3.19. The number of aliphatic hydroxyl groups excluding tert-OH is 1. The Balaban J connectivity index is 1.66. The highest BCUT2D eigenvalue weighted by Crippen LogP contribution is 2.38. The summed E-state index contributed by atoms with van der Waals surface area (Å²) in [6.07, 6.45) is 0.115. The van der Waals surface area contributed by atoms with Crippen LogP contribution in [0.5, 0.6) is 0 Å². The van der Waals surface area contributed by atoms with Gasteiger partial charge in [-0.05, 0) is 66.2 Å². The molecule has 2 atom stereocenters. The molecule has 0 aliphatic heterocycles. The molecule has 0 spiro atoms. The van der Waals surface area contributed by atoms with E-state index in [1.165, 1.54) is 0 Å². The lowest BCUT2D eigenvalue weighted by Gasteiger charge is -2.33. The maximum atomic E-state index is 11.4. The Morgan fingerprint density at radius 3 is 2.24 bits per heavy atom. The molecule has 2 aromatic carbocycles. The van der Waals surface area contributed by atoms with Gasteiger partial charge in [-0.15, -0.1) is 0 Å². The second-order valence-electron chi connectivity index (χ2n) is 11.5. The summed E-state index contributed by atoms with van der Waals surface area (Å²) in [6, 6.07) is 18.6. The molecule has 2 aromatic heterocycles. The highest BCUT2D eigenvalue weighted by Gasteiger charge is 2.28. The lowest BCUT2D eigenvalue weighted by Crippen LogP contribution is -2.26. The molecule has 0 saturated carbocycles. The molecule has 2 unspecified atom stereocenters. The van der Waals surface area contributed by atoms with Crippen LogP contribution in [-0.4, -0.2) is 28.7 Å². The number of rotatable bonds is 8. The number of aryl methyl sites for hydroxylation is 3. The van der Waals surface area contributed by atoms with E-state index in [0.29, 0.717) is 6.54 Å². The van der Waals surface area contributed by atoms with Gasteiger partial charge in [-0.2, -0.15) is 0 Å². The summed E-state index contributed by atoms with van der Waals surface area (Å²) in [6.45, 7) is 18.0. The topological polar surface area (TPSA) is 60.2 Å². The molecule has 6 heteroatoms. The maximum Gasteiger partial charge on any atom is 0.171 e. The Bertz CT molecular complexity index is 1390. The number of aliphatic hydroxyl groups is 1. The van der Waals surface area contributed by atoms with Crippen molar-refractivity contribution < 1.29 is 9.53 Å². The van der Waals surface area contributed by atoms with Gasteiger partial charge in [0.1, 0.15) is 17.4 Å². The number of nitrogens with zero attached hydrogens (tertiary/aromatic N) is 3. The third kappa shape index (κ3) is 6.03. The van der Waals surface area contributed by atoms with Crippen molar-refractivity contribution in [3.8, 4) is 0 Å². The van der Waals surface area contributed by atoms with Gasteiger partial charge in [0, 0.05) is 12.1 Å². The van der Waals surface area contributed by atoms with E-state index in [2.05, 4.69) is 82.6 Å². The molecule has 0 radical (unpaired) electrons. The van der Waals surface area contributed by atoms with Gasteiger partial charge in [-0.1, -0.05) is 76.2 Å². The minimum absolute atomic E-state index is 0.000878. The highest BCUT2D eigenvalue weighted by atomic mass is 28.3. The monoisotopic (exact) mass is 515 g/mol. The summed E-state index contributed by atoms with van der Waals surface area (Å²) in [5, 5.41) is 11.4. The number of fused-ring (bicyclic) bond motifs is 1. The van der Waals surface area contributed by atoms with Crippen molar-refractivity contribution in [3.63, 3.8) is 0 Å². The minimum Gasteiger partial charge on any atom is -0.413 e. The molecule has 5 nitrogen and oxygen atoms in total. The second kappa shape index (κ2) is 10.9. The van der Waals surface area contributed by atoms with Crippen LogP contribution in [0.4, 0.5) is 0 Å². The molecule has 2 heterocycles. The van der Waals surface area contributed by atoms with Gasteiger partial charge < -0.3 is 14.1 Å². The normalized spacial score (nSPS) is 13.9. The van der Waals surface area contributed by atoms with Crippen molar-refractivity contribution in [2.75, 3.05) is 0 Å². The number of imidazole rings is 1. The van der Waals surface area contributed by atoms with Gasteiger partial charge in [0.15, 0.2) is 14.7 Å². The molecule has 37 heavy (non-hydrogen) atoms. The van der Waals surface area contributed by atoms with Crippen molar-refractivity contribution in [1.82, 2.24) is 14.5 Å². The van der Waals surface area contributed by atoms with E-state index < -0.39 is 15.1 Å². The van der Waals surface area contributed by atoms with E-state index in [1.54, 1.807) is 0 Å². The van der Waals surface area contributed by atoms with Crippen molar-refractivity contribution in [3.05, 3.63) is 93.9 Å². The van der Waals surface area contributed by atoms with E-state index in [1.807, 2.05) is 31.2 Å². The minimum atomic E-state index is -1.24. The molecule has 0 bridgehead atoms. The first-order valence-electron chi connectivity index (χ1n) is 13.3. The molecule has 0 saturated heterocycles. The summed E-state index contributed by atoms with van der Waals surface area (Å²) in [4.78, 5) is 9.70. The number of aromatic nitrogens is 3. The number of hydrogen-bond donors (Lipinski definition) is 1. The van der Waals surface area contributed by atoms with Gasteiger partial charge in [-0.3, -0.25) is 0 Å². The van der Waals surface area contributed by atoms with Crippen molar-refractivity contribution in [1.29, 1.82) is 0 Å². The van der Waals surface area contributed by atoms with E-state index in [4.69, 9.17) is 14.4 Å². The standard InChI is InChI=1S/C31H41N3O2Si/c1-9-26-33-27-20(2)16-21(3)32-30(27)34(26)19-22-12-10-13-23(17-22)28(35)24-14-11-15-25(18-24)29(31(4,5)6)36-37(7)8/h10-18,28-29,35,37H,9,19H2,1-8H3. The fraction of sp³-hybridized carbons (Fsp3) is 0.419. The SMILES string of the molecule is CCc1nc2c(C)cc(C)nc2n1Cc1cccc(C(O)c2cccc(C(O[SiH](C)C)C(C)(C)C)c2)c1. The third-order valence-corrected chi connectivity index (χ3v) is 7.57. The van der Waals surface area contributed by atoms with Crippen LogP contribution >= 0.6 is 0 Å². The molecule has 1 N–H and O–H groups in total. The van der Waals surface area contributed by atoms with Crippen LogP contribution in [0.2, 0.25) is 13.1 Å². The summed E-state index contributed by atoms with van der Waals surface area (Å²) in [5.41, 5.74) is 8.01. The van der Waals surface area contributed by atoms with Gasteiger partial charge in [0.05, 0.1) is 12.6 Å². The smallest absolute Gasteiger partial charge is 0.171 e. The molecule has 0 aliphatic rings. The van der Waals surface area contributed by atoms with Crippen LogP contribution in [0, 0.1) is 19.3 Å². The Hall–Kier alpha value is -2.80. The molecule has 0 fully saturated rings. The largest absolute Gasteiger partial charge is 0.413 e. The van der Waals surface area contributed by atoms with Crippen molar-refractivity contribution in [2.45, 2.75) is 79.8 Å². The first-order chi connectivity index (χ1) is 17.5. The van der Waals surface area contributed by atoms with E-state index in [9.17, 15) is 5.11 Å². The second-order valence-corrected chi connectivity index (χ2v) is 13.8. The van der Waals surface area contributed by atoms with Gasteiger partial charge in [-0.25, -0.2) is 9.97 Å². The fourth-order valence-electron chi connectivity index (χ4n) is 5.07. The zero-order chi connectivity index (χ0) is 26.9. The van der Waals surface area contributed by atoms with Crippen LogP contribution in [0.3, 0.4) is 0 Å². The first kappa shape index (κ1) is 27.2. The van der Waals surface area contributed by atoms with E-state index in [0.717, 1.165) is 56.9 Å². The van der Waals surface area contributed by atoms with Gasteiger partial charge >= 0.3 is 0 Å². The highest BCUT2D eigenvalue weighted by molar-refractivity contribution is 6.48. The van der Waals surface area contributed by atoms with Crippen LogP contribution in [0.1, 0.15) is 79.2 Å². The predicted molar refractivity (Wildman–Crippen MR) is 155 cm³/mol. The van der Waals surface area contributed by atoms with Gasteiger partial charge in [0.25, 0.3) is 0 Å². The number of hydrogen-bond acceptors (Lipinski definition) is 4. The van der Waals surface area contributed by atoms with Crippen molar-refractivity contribution in [2.24, 2.45) is 5.41 Å².